The number of benzene rings is 1. The molecule has 0 saturated heterocycles. The van der Waals surface area contributed by atoms with Crippen LogP contribution < -0.4 is 30.3 Å². The third kappa shape index (κ3) is 7.06. The molecule has 0 saturated carbocycles. The number of carbonyl (C=O) groups excluding carboxylic acids is 2. The Morgan fingerprint density at radius 3 is 2.44 bits per heavy atom. The van der Waals surface area contributed by atoms with E-state index in [4.69, 9.17) is 37.8 Å². The van der Waals surface area contributed by atoms with Crippen LogP contribution in [-0.2, 0) is 11.3 Å². The van der Waals surface area contributed by atoms with Gasteiger partial charge in [0, 0.05) is 19.2 Å². The topological polar surface area (TPSA) is 176 Å². The number of urea groups is 1. The number of aliphatic hydroxyl groups is 2. The van der Waals surface area contributed by atoms with Crippen LogP contribution in [0.3, 0.4) is 0 Å². The number of methoxy groups -OCH3 is 2. The molecule has 0 aliphatic heterocycles. The van der Waals surface area contributed by atoms with Crippen molar-refractivity contribution in [3.05, 3.63) is 47.4 Å². The van der Waals surface area contributed by atoms with Crippen molar-refractivity contribution in [2.24, 2.45) is 0 Å². The van der Waals surface area contributed by atoms with Crippen molar-refractivity contribution < 1.29 is 29.3 Å². The molecule has 14 nitrogen and oxygen atoms in total. The minimum atomic E-state index is -1.06. The molecule has 208 valence electrons. The lowest BCUT2D eigenvalue weighted by Crippen LogP contribution is -2.32. The number of hydrogen-bond donors (Lipinski definition) is 5. The predicted octanol–water partition coefficient (Wildman–Crippen LogP) is 2.89. The maximum Gasteiger partial charge on any atom is 0.327 e. The Morgan fingerprint density at radius 2 is 1.85 bits per heavy atom. The zero-order valence-corrected chi connectivity index (χ0v) is 22.6. The molecular formula is C23H26Cl2N8O6. The lowest BCUT2D eigenvalue weighted by atomic mass is 10.2. The van der Waals surface area contributed by atoms with Crippen molar-refractivity contribution in [1.29, 1.82) is 0 Å². The van der Waals surface area contributed by atoms with Gasteiger partial charge in [0.25, 0.3) is 0 Å². The monoisotopic (exact) mass is 580 g/mol. The van der Waals surface area contributed by atoms with Gasteiger partial charge in [-0.15, -0.1) is 0 Å². The molecule has 1 atom stereocenters. The fourth-order valence-corrected chi connectivity index (χ4v) is 3.76. The average molecular weight is 581 g/mol. The van der Waals surface area contributed by atoms with Crippen LogP contribution in [0.1, 0.15) is 0 Å². The molecule has 5 N–H and O–H groups in total. The number of nitrogens with zero attached hydrogens (tertiary/aromatic N) is 5. The number of hydrogen-bond acceptors (Lipinski definition) is 10. The van der Waals surface area contributed by atoms with Gasteiger partial charge in [-0.05, 0) is 6.08 Å². The quantitative estimate of drug-likeness (QED) is 0.212. The van der Waals surface area contributed by atoms with Gasteiger partial charge < -0.3 is 35.6 Å². The van der Waals surface area contributed by atoms with Crippen molar-refractivity contribution >= 4 is 64.0 Å². The number of rotatable bonds is 11. The van der Waals surface area contributed by atoms with E-state index in [9.17, 15) is 14.7 Å². The number of halogens is 2. The Morgan fingerprint density at radius 1 is 1.18 bits per heavy atom. The second-order valence-corrected chi connectivity index (χ2v) is 8.56. The van der Waals surface area contributed by atoms with E-state index in [0.717, 1.165) is 6.08 Å². The highest BCUT2D eigenvalue weighted by molar-refractivity contribution is 6.41. The fraction of sp³-hybridized carbons (Fsp3) is 0.261. The molecule has 0 aliphatic carbocycles. The number of aromatic nitrogens is 4. The molecule has 2 aromatic heterocycles. The van der Waals surface area contributed by atoms with Crippen LogP contribution in [-0.4, -0.2) is 75.9 Å². The summed E-state index contributed by atoms with van der Waals surface area (Å²) in [4.78, 5) is 34.4. The average Bonchev–Trinajstić information content (AvgIpc) is 3.30. The molecule has 0 aliphatic rings. The highest BCUT2D eigenvalue weighted by atomic mass is 35.5. The highest BCUT2D eigenvalue weighted by Crippen LogP contribution is 2.44. The summed E-state index contributed by atoms with van der Waals surface area (Å²) < 4.78 is 11.8. The molecule has 16 heteroatoms. The van der Waals surface area contributed by atoms with Crippen molar-refractivity contribution in [3.8, 4) is 11.5 Å². The third-order valence-electron chi connectivity index (χ3n) is 5.17. The first-order valence-electron chi connectivity index (χ1n) is 11.1. The van der Waals surface area contributed by atoms with Crippen molar-refractivity contribution in [1.82, 2.24) is 19.7 Å². The second kappa shape index (κ2) is 13.1. The molecule has 1 aromatic carbocycles. The Balaban J connectivity index is 1.85. The van der Waals surface area contributed by atoms with E-state index >= 15 is 0 Å². The number of nitrogens with one attached hydrogen (secondary N) is 3. The Kier molecular flexibility index (Phi) is 9.89. The number of anilines is 5. The molecule has 3 amide bonds. The van der Waals surface area contributed by atoms with Crippen LogP contribution in [0.4, 0.5) is 33.6 Å². The van der Waals surface area contributed by atoms with Gasteiger partial charge in [0.1, 0.15) is 45.2 Å². The predicted molar refractivity (Wildman–Crippen MR) is 146 cm³/mol. The summed E-state index contributed by atoms with van der Waals surface area (Å²) >= 11 is 12.7. The van der Waals surface area contributed by atoms with Gasteiger partial charge in [-0.1, -0.05) is 29.8 Å². The smallest absolute Gasteiger partial charge is 0.327 e. The number of amides is 3. The van der Waals surface area contributed by atoms with Gasteiger partial charge in [-0.3, -0.25) is 14.4 Å². The number of ether oxygens (including phenoxy) is 2. The van der Waals surface area contributed by atoms with E-state index in [-0.39, 0.29) is 56.9 Å². The van der Waals surface area contributed by atoms with E-state index in [1.807, 2.05) is 0 Å². The van der Waals surface area contributed by atoms with Crippen molar-refractivity contribution in [2.45, 2.75) is 12.6 Å². The maximum atomic E-state index is 13.0. The summed E-state index contributed by atoms with van der Waals surface area (Å²) in [7, 11) is 4.28. The van der Waals surface area contributed by atoms with Crippen LogP contribution in [0.2, 0.25) is 10.0 Å². The van der Waals surface area contributed by atoms with E-state index in [1.165, 1.54) is 55.5 Å². The lowest BCUT2D eigenvalue weighted by molar-refractivity contribution is -0.111. The van der Waals surface area contributed by atoms with Gasteiger partial charge >= 0.3 is 6.03 Å². The number of aliphatic hydroxyl groups excluding tert-OH is 2. The van der Waals surface area contributed by atoms with Gasteiger partial charge in [0.2, 0.25) is 5.91 Å². The zero-order chi connectivity index (χ0) is 28.7. The van der Waals surface area contributed by atoms with Crippen LogP contribution in [0.15, 0.2) is 37.3 Å². The molecular weight excluding hydrogens is 555 g/mol. The molecule has 0 bridgehead atoms. The summed E-state index contributed by atoms with van der Waals surface area (Å²) in [6, 6.07) is 2.31. The summed E-state index contributed by atoms with van der Waals surface area (Å²) in [5.41, 5.74) is 0.338. The van der Waals surface area contributed by atoms with E-state index in [0.29, 0.717) is 0 Å². The normalized spacial score (nSPS) is 11.4. The third-order valence-corrected chi connectivity index (χ3v) is 5.92. The fourth-order valence-electron chi connectivity index (χ4n) is 3.17. The van der Waals surface area contributed by atoms with Crippen LogP contribution in [0.5, 0.6) is 11.5 Å². The minimum Gasteiger partial charge on any atom is -0.495 e. The van der Waals surface area contributed by atoms with Crippen molar-refractivity contribution in [3.63, 3.8) is 0 Å². The first-order valence-corrected chi connectivity index (χ1v) is 11.9. The van der Waals surface area contributed by atoms with Crippen LogP contribution >= 0.6 is 23.2 Å². The summed E-state index contributed by atoms with van der Waals surface area (Å²) in [6.45, 7) is 2.91. The molecule has 0 radical (unpaired) electrons. The maximum absolute atomic E-state index is 13.0. The zero-order valence-electron chi connectivity index (χ0n) is 21.1. The molecule has 0 fully saturated rings. The summed E-state index contributed by atoms with van der Waals surface area (Å²) in [6.07, 6.45) is 2.69. The highest BCUT2D eigenvalue weighted by Gasteiger charge is 2.22. The largest absolute Gasteiger partial charge is 0.495 e. The summed E-state index contributed by atoms with van der Waals surface area (Å²) in [5, 5.41) is 31.5. The molecule has 2 heterocycles. The Hall–Kier alpha value is -4.11. The van der Waals surface area contributed by atoms with Crippen LogP contribution in [0, 0.1) is 0 Å². The van der Waals surface area contributed by atoms with Crippen molar-refractivity contribution in [2.75, 3.05) is 48.7 Å². The van der Waals surface area contributed by atoms with E-state index < -0.39 is 24.6 Å². The van der Waals surface area contributed by atoms with Gasteiger partial charge in [0.05, 0.1) is 45.4 Å². The minimum absolute atomic E-state index is 0.0345. The molecule has 39 heavy (non-hydrogen) atoms. The first-order chi connectivity index (χ1) is 18.6. The summed E-state index contributed by atoms with van der Waals surface area (Å²) in [5.74, 6) is 0.574. The standard InChI is InChI=1S/C23H26Cl2N8O6/c1-5-18(36)28-13-9-33(8-12(35)10-34)31-22(13)29-16-7-17(27-11-26-16)32(2)23(37)30-21-19(24)14(38-3)6-15(39-4)20(21)25/h5-7,9,11-12,34-35H,1,8,10H2,2-4H3,(H,28,36)(H,30,37)(H,26,27,29,31). The molecule has 3 aromatic rings. The molecule has 3 rings (SSSR count). The SMILES string of the molecule is C=CC(=O)Nc1cn(CC(O)CO)nc1Nc1cc(N(C)C(=O)Nc2c(Cl)c(OC)cc(OC)c2Cl)ncn1. The Labute approximate surface area is 233 Å². The molecule has 1 unspecified atom stereocenters. The van der Waals surface area contributed by atoms with E-state index in [1.54, 1.807) is 0 Å². The Bertz CT molecular complexity index is 1340. The van der Waals surface area contributed by atoms with Gasteiger partial charge in [0.15, 0.2) is 5.82 Å². The van der Waals surface area contributed by atoms with E-state index in [2.05, 4.69) is 37.6 Å². The first kappa shape index (κ1) is 29.4. The van der Waals surface area contributed by atoms with Gasteiger partial charge in [-0.2, -0.15) is 5.10 Å². The lowest BCUT2D eigenvalue weighted by Gasteiger charge is -2.20. The second-order valence-electron chi connectivity index (χ2n) is 7.80. The van der Waals surface area contributed by atoms with Gasteiger partial charge in [-0.25, -0.2) is 14.8 Å². The molecule has 0 spiro atoms. The van der Waals surface area contributed by atoms with Crippen LogP contribution in [0.25, 0.3) is 0 Å². The number of carbonyl (C=O) groups is 2.